The molecule has 1 fully saturated rings. The summed E-state index contributed by atoms with van der Waals surface area (Å²) in [5.74, 6) is -0.761. The maximum absolute atomic E-state index is 13.1. The van der Waals surface area contributed by atoms with Crippen molar-refractivity contribution in [3.8, 4) is 11.5 Å². The van der Waals surface area contributed by atoms with Gasteiger partial charge in [0.25, 0.3) is 11.8 Å². The highest BCUT2D eigenvalue weighted by Crippen LogP contribution is 2.32. The fourth-order valence-corrected chi connectivity index (χ4v) is 3.96. The SMILES string of the molecule is COc1cc(/C=C2/C(=O)NC(=O)N(c3ccc(C)c(Cl)c3)C2=O)ccc1OCc1ccc(Cl)c(Cl)c1. The van der Waals surface area contributed by atoms with Crippen LogP contribution in [0.25, 0.3) is 6.08 Å². The molecule has 0 spiro atoms. The maximum atomic E-state index is 13.1. The van der Waals surface area contributed by atoms with Crippen molar-refractivity contribution in [2.75, 3.05) is 12.0 Å². The van der Waals surface area contributed by atoms with Gasteiger partial charge in [0.15, 0.2) is 11.5 Å². The van der Waals surface area contributed by atoms with Gasteiger partial charge in [0.2, 0.25) is 0 Å². The van der Waals surface area contributed by atoms with Crippen LogP contribution in [0.1, 0.15) is 16.7 Å². The van der Waals surface area contributed by atoms with Crippen LogP contribution in [0.2, 0.25) is 15.1 Å². The average molecular weight is 546 g/mol. The highest BCUT2D eigenvalue weighted by molar-refractivity contribution is 6.42. The van der Waals surface area contributed by atoms with Crippen LogP contribution < -0.4 is 19.7 Å². The van der Waals surface area contributed by atoms with Gasteiger partial charge in [-0.1, -0.05) is 53.0 Å². The molecule has 1 saturated heterocycles. The van der Waals surface area contributed by atoms with E-state index in [9.17, 15) is 14.4 Å². The molecule has 0 aromatic heterocycles. The molecular weight excluding hydrogens is 527 g/mol. The molecule has 0 radical (unpaired) electrons. The van der Waals surface area contributed by atoms with Gasteiger partial charge in [-0.2, -0.15) is 0 Å². The third-order valence-corrected chi connectivity index (χ3v) is 6.54. The Morgan fingerprint density at radius 2 is 1.67 bits per heavy atom. The number of carbonyl (C=O) groups is 3. The second-order valence-corrected chi connectivity index (χ2v) is 9.06. The predicted octanol–water partition coefficient (Wildman–Crippen LogP) is 6.21. The topological polar surface area (TPSA) is 84.9 Å². The molecule has 0 unspecified atom stereocenters. The summed E-state index contributed by atoms with van der Waals surface area (Å²) in [4.78, 5) is 38.9. The van der Waals surface area contributed by atoms with E-state index in [-0.39, 0.29) is 17.9 Å². The zero-order valence-electron chi connectivity index (χ0n) is 19.1. The van der Waals surface area contributed by atoms with Crippen molar-refractivity contribution in [3.63, 3.8) is 0 Å². The van der Waals surface area contributed by atoms with Crippen LogP contribution in [0.15, 0.2) is 60.2 Å². The van der Waals surface area contributed by atoms with E-state index < -0.39 is 17.8 Å². The van der Waals surface area contributed by atoms with Crippen molar-refractivity contribution in [1.29, 1.82) is 0 Å². The van der Waals surface area contributed by atoms with Gasteiger partial charge in [-0.25, -0.2) is 9.69 Å². The molecule has 3 aromatic carbocycles. The number of urea groups is 1. The first kappa shape index (κ1) is 25.6. The molecule has 0 saturated carbocycles. The van der Waals surface area contributed by atoms with Crippen LogP contribution in [0.5, 0.6) is 11.5 Å². The Balaban J connectivity index is 1.59. The summed E-state index contributed by atoms with van der Waals surface area (Å²) in [5, 5.41) is 3.44. The molecule has 1 aliphatic rings. The Morgan fingerprint density at radius 1 is 0.889 bits per heavy atom. The lowest BCUT2D eigenvalue weighted by molar-refractivity contribution is -0.122. The van der Waals surface area contributed by atoms with E-state index in [1.807, 2.05) is 0 Å². The van der Waals surface area contributed by atoms with Crippen molar-refractivity contribution >= 4 is 64.4 Å². The summed E-state index contributed by atoms with van der Waals surface area (Å²) in [7, 11) is 1.47. The van der Waals surface area contributed by atoms with Crippen LogP contribution in [-0.2, 0) is 16.2 Å². The minimum Gasteiger partial charge on any atom is -0.493 e. The Hall–Kier alpha value is -3.52. The number of methoxy groups -OCH3 is 1. The number of hydrogen-bond donors (Lipinski definition) is 1. The van der Waals surface area contributed by atoms with Crippen molar-refractivity contribution in [2.24, 2.45) is 0 Å². The number of ether oxygens (including phenoxy) is 2. The predicted molar refractivity (Wildman–Crippen MR) is 139 cm³/mol. The summed E-state index contributed by atoms with van der Waals surface area (Å²) in [5.41, 5.74) is 2.10. The Bertz CT molecular complexity index is 1420. The van der Waals surface area contributed by atoms with E-state index in [2.05, 4.69) is 5.32 Å². The molecule has 4 amide bonds. The zero-order chi connectivity index (χ0) is 26.0. The number of benzene rings is 3. The van der Waals surface area contributed by atoms with E-state index in [0.29, 0.717) is 32.1 Å². The molecule has 184 valence electrons. The highest BCUT2D eigenvalue weighted by Gasteiger charge is 2.37. The van der Waals surface area contributed by atoms with Gasteiger partial charge in [-0.3, -0.25) is 14.9 Å². The fraction of sp³-hybridized carbons (Fsp3) is 0.115. The van der Waals surface area contributed by atoms with Gasteiger partial charge < -0.3 is 9.47 Å². The number of rotatable bonds is 6. The molecule has 1 N–H and O–H groups in total. The third-order valence-electron chi connectivity index (χ3n) is 5.39. The van der Waals surface area contributed by atoms with E-state index in [4.69, 9.17) is 44.3 Å². The van der Waals surface area contributed by atoms with Crippen molar-refractivity contribution in [2.45, 2.75) is 13.5 Å². The number of halogens is 3. The van der Waals surface area contributed by atoms with E-state index in [0.717, 1.165) is 16.0 Å². The van der Waals surface area contributed by atoms with Crippen LogP contribution in [0, 0.1) is 6.92 Å². The summed E-state index contributed by atoms with van der Waals surface area (Å²) in [6, 6.07) is 14.0. The van der Waals surface area contributed by atoms with Crippen molar-refractivity contribution in [1.82, 2.24) is 5.32 Å². The molecule has 3 aromatic rings. The van der Waals surface area contributed by atoms with Crippen LogP contribution >= 0.6 is 34.8 Å². The summed E-state index contributed by atoms with van der Waals surface area (Å²) < 4.78 is 11.3. The molecule has 1 aliphatic heterocycles. The van der Waals surface area contributed by atoms with Crippen LogP contribution in [-0.4, -0.2) is 25.0 Å². The quantitative estimate of drug-likeness (QED) is 0.294. The number of barbiturate groups is 1. The van der Waals surface area contributed by atoms with Gasteiger partial charge in [0.05, 0.1) is 22.8 Å². The monoisotopic (exact) mass is 544 g/mol. The summed E-state index contributed by atoms with van der Waals surface area (Å²) in [6.07, 6.45) is 1.37. The number of nitrogens with one attached hydrogen (secondary N) is 1. The molecule has 36 heavy (non-hydrogen) atoms. The van der Waals surface area contributed by atoms with Crippen LogP contribution in [0.3, 0.4) is 0 Å². The molecule has 0 aliphatic carbocycles. The second kappa shape index (κ2) is 10.6. The Morgan fingerprint density at radius 3 is 2.36 bits per heavy atom. The van der Waals surface area contributed by atoms with Crippen molar-refractivity contribution in [3.05, 3.63) is 91.9 Å². The maximum Gasteiger partial charge on any atom is 0.335 e. The number of nitrogens with zero attached hydrogens (tertiary/aromatic N) is 1. The first-order chi connectivity index (χ1) is 17.2. The standard InChI is InChI=1S/C26H19Cl3N2O5/c1-14-3-6-17(12-20(14)28)31-25(33)18(24(32)30-26(31)34)9-15-5-8-22(23(11-15)35-2)36-13-16-4-7-19(27)21(29)10-16/h3-12H,13H2,1-2H3,(H,30,32,34)/b18-9-. The molecule has 7 nitrogen and oxygen atoms in total. The molecule has 0 atom stereocenters. The highest BCUT2D eigenvalue weighted by atomic mass is 35.5. The van der Waals surface area contributed by atoms with Gasteiger partial charge >= 0.3 is 6.03 Å². The Kier molecular flexibility index (Phi) is 7.54. The number of amides is 4. The number of anilines is 1. The normalized spacial score (nSPS) is 14.8. The average Bonchev–Trinajstić information content (AvgIpc) is 2.84. The molecule has 10 heteroatoms. The summed E-state index contributed by atoms with van der Waals surface area (Å²) >= 11 is 18.2. The summed E-state index contributed by atoms with van der Waals surface area (Å²) in [6.45, 7) is 2.01. The molecular formula is C26H19Cl3N2O5. The first-order valence-corrected chi connectivity index (χ1v) is 11.7. The molecule has 0 bridgehead atoms. The fourth-order valence-electron chi connectivity index (χ4n) is 3.46. The van der Waals surface area contributed by atoms with Gasteiger partial charge in [0, 0.05) is 5.02 Å². The minimum atomic E-state index is -0.856. The minimum absolute atomic E-state index is 0.213. The smallest absolute Gasteiger partial charge is 0.335 e. The van der Waals surface area contributed by atoms with Gasteiger partial charge in [0.1, 0.15) is 12.2 Å². The first-order valence-electron chi connectivity index (χ1n) is 10.6. The van der Waals surface area contributed by atoms with E-state index in [1.165, 1.54) is 19.3 Å². The Labute approximate surface area is 222 Å². The number of imide groups is 2. The van der Waals surface area contributed by atoms with Crippen LogP contribution in [0.4, 0.5) is 10.5 Å². The molecule has 1 heterocycles. The lowest BCUT2D eigenvalue weighted by atomic mass is 10.1. The largest absolute Gasteiger partial charge is 0.493 e. The number of hydrogen-bond acceptors (Lipinski definition) is 5. The molecule has 4 rings (SSSR count). The van der Waals surface area contributed by atoms with Gasteiger partial charge in [-0.05, 0) is 66.1 Å². The zero-order valence-corrected chi connectivity index (χ0v) is 21.4. The number of carbonyl (C=O) groups excluding carboxylic acids is 3. The lowest BCUT2D eigenvalue weighted by Gasteiger charge is -2.26. The number of aryl methyl sites for hydroxylation is 1. The van der Waals surface area contributed by atoms with Gasteiger partial charge in [-0.15, -0.1) is 0 Å². The second-order valence-electron chi connectivity index (χ2n) is 7.84. The van der Waals surface area contributed by atoms with Crippen molar-refractivity contribution < 1.29 is 23.9 Å². The third kappa shape index (κ3) is 5.33. The van der Waals surface area contributed by atoms with E-state index in [1.54, 1.807) is 55.5 Å². The lowest BCUT2D eigenvalue weighted by Crippen LogP contribution is -2.54. The van der Waals surface area contributed by atoms with E-state index >= 15 is 0 Å².